The van der Waals surface area contributed by atoms with Crippen LogP contribution in [0.4, 0.5) is 0 Å². The van der Waals surface area contributed by atoms with E-state index < -0.39 is 12.1 Å². The zero-order valence-corrected chi connectivity index (χ0v) is 18.8. The molecule has 0 aliphatic carbocycles. The number of benzene rings is 2. The van der Waals surface area contributed by atoms with Gasteiger partial charge < -0.3 is 9.84 Å². The maximum Gasteiger partial charge on any atom is 0.349 e. The second kappa shape index (κ2) is 8.83. The summed E-state index contributed by atoms with van der Waals surface area (Å²) < 4.78 is 7.80. The molecule has 6 heteroatoms. The van der Waals surface area contributed by atoms with Gasteiger partial charge in [0, 0.05) is 12.0 Å². The Morgan fingerprint density at radius 2 is 1.78 bits per heavy atom. The van der Waals surface area contributed by atoms with Crippen molar-refractivity contribution in [2.45, 2.75) is 46.6 Å². The van der Waals surface area contributed by atoms with Crippen molar-refractivity contribution in [2.75, 3.05) is 0 Å². The van der Waals surface area contributed by atoms with Gasteiger partial charge in [0.05, 0.1) is 17.1 Å². The molecule has 0 aliphatic rings. The number of rotatable bonds is 7. The lowest BCUT2D eigenvalue weighted by Crippen LogP contribution is -2.19. The molecule has 4 aromatic rings. The predicted octanol–water partition coefficient (Wildman–Crippen LogP) is 5.01. The molecule has 4 rings (SSSR count). The van der Waals surface area contributed by atoms with Gasteiger partial charge in [-0.2, -0.15) is 5.10 Å². The fourth-order valence-electron chi connectivity index (χ4n) is 4.02. The van der Waals surface area contributed by atoms with Crippen molar-refractivity contribution in [3.05, 3.63) is 93.9 Å². The van der Waals surface area contributed by atoms with Crippen LogP contribution in [0.15, 0.2) is 54.6 Å². The van der Waals surface area contributed by atoms with Crippen LogP contribution in [0.5, 0.6) is 5.75 Å². The van der Waals surface area contributed by atoms with Gasteiger partial charge in [0.15, 0.2) is 5.65 Å². The number of carboxylic acids is 1. The summed E-state index contributed by atoms with van der Waals surface area (Å²) in [6.45, 7) is 8.03. The van der Waals surface area contributed by atoms with Crippen LogP contribution < -0.4 is 4.74 Å². The topological polar surface area (TPSA) is 76.7 Å². The fourth-order valence-corrected chi connectivity index (χ4v) is 4.02. The Kier molecular flexibility index (Phi) is 5.95. The van der Waals surface area contributed by atoms with Gasteiger partial charge in [0.25, 0.3) is 0 Å². The van der Waals surface area contributed by atoms with Crippen LogP contribution in [0.3, 0.4) is 0 Å². The van der Waals surface area contributed by atoms with Crippen LogP contribution in [0.25, 0.3) is 5.65 Å². The van der Waals surface area contributed by atoms with Gasteiger partial charge in [-0.1, -0.05) is 43.3 Å². The lowest BCUT2D eigenvalue weighted by atomic mass is 10.0. The van der Waals surface area contributed by atoms with Gasteiger partial charge in [0.1, 0.15) is 5.75 Å². The molecular weight excluding hydrogens is 402 g/mol. The minimum atomic E-state index is -1.05. The van der Waals surface area contributed by atoms with Crippen molar-refractivity contribution < 1.29 is 14.6 Å². The molecule has 164 valence electrons. The standard InChI is InChI=1S/C26H27N3O3/c1-5-22-23(29-25(27-22)17(3)14-18(4)28-29)15-19-10-12-20(13-11-19)32-24(26(30)31)21-9-7-6-8-16(21)2/h6-14,24H,5,15H2,1-4H3,(H,30,31). The van der Waals surface area contributed by atoms with E-state index in [9.17, 15) is 9.90 Å². The third-order valence-corrected chi connectivity index (χ3v) is 5.65. The normalized spacial score (nSPS) is 12.1. The second-order valence-corrected chi connectivity index (χ2v) is 8.08. The van der Waals surface area contributed by atoms with Gasteiger partial charge >= 0.3 is 5.97 Å². The SMILES string of the molecule is CCc1nc2c(C)cc(C)nn2c1Cc1ccc(OC(C(=O)O)c2ccccc2C)cc1. The zero-order valence-electron chi connectivity index (χ0n) is 18.8. The van der Waals surface area contributed by atoms with Crippen molar-refractivity contribution in [2.24, 2.45) is 0 Å². The third kappa shape index (κ3) is 4.21. The summed E-state index contributed by atoms with van der Waals surface area (Å²) in [4.78, 5) is 16.6. The first kappa shape index (κ1) is 21.6. The van der Waals surface area contributed by atoms with Crippen molar-refractivity contribution in [1.29, 1.82) is 0 Å². The summed E-state index contributed by atoms with van der Waals surface area (Å²) in [5, 5.41) is 14.4. The van der Waals surface area contributed by atoms with E-state index >= 15 is 0 Å². The molecule has 2 heterocycles. The maximum absolute atomic E-state index is 11.8. The third-order valence-electron chi connectivity index (χ3n) is 5.65. The van der Waals surface area contributed by atoms with E-state index in [2.05, 4.69) is 18.9 Å². The minimum Gasteiger partial charge on any atom is -0.478 e. The van der Waals surface area contributed by atoms with Crippen molar-refractivity contribution in [1.82, 2.24) is 14.6 Å². The average molecular weight is 430 g/mol. The number of ether oxygens (including phenoxy) is 1. The minimum absolute atomic E-state index is 0.517. The number of hydrogen-bond donors (Lipinski definition) is 1. The number of fused-ring (bicyclic) bond motifs is 1. The molecule has 0 spiro atoms. The first-order valence-corrected chi connectivity index (χ1v) is 10.8. The summed E-state index contributed by atoms with van der Waals surface area (Å²) in [7, 11) is 0. The monoisotopic (exact) mass is 429 g/mol. The average Bonchev–Trinajstić information content (AvgIpc) is 3.11. The Balaban J connectivity index is 1.60. The van der Waals surface area contributed by atoms with Gasteiger partial charge in [0.2, 0.25) is 6.10 Å². The Bertz CT molecular complexity index is 1280. The number of imidazole rings is 1. The molecular formula is C26H27N3O3. The maximum atomic E-state index is 11.8. The van der Waals surface area contributed by atoms with E-state index in [0.29, 0.717) is 17.7 Å². The molecule has 0 bridgehead atoms. The number of aryl methyl sites for hydroxylation is 4. The smallest absolute Gasteiger partial charge is 0.349 e. The molecule has 0 aliphatic heterocycles. The lowest BCUT2D eigenvalue weighted by Gasteiger charge is -2.17. The highest BCUT2D eigenvalue weighted by Gasteiger charge is 2.23. The van der Waals surface area contributed by atoms with Crippen LogP contribution in [0.2, 0.25) is 0 Å². The van der Waals surface area contributed by atoms with Crippen molar-refractivity contribution >= 4 is 11.6 Å². The molecule has 1 atom stereocenters. The van der Waals surface area contributed by atoms with E-state index in [1.165, 1.54) is 0 Å². The Hall–Kier alpha value is -3.67. The number of carbonyl (C=O) groups is 1. The second-order valence-electron chi connectivity index (χ2n) is 8.08. The Labute approximate surface area is 187 Å². The summed E-state index contributed by atoms with van der Waals surface area (Å²) in [6, 6.07) is 17.0. The molecule has 2 aromatic carbocycles. The van der Waals surface area contributed by atoms with E-state index in [1.807, 2.05) is 66.9 Å². The van der Waals surface area contributed by atoms with Crippen LogP contribution in [0.1, 0.15) is 52.4 Å². The molecule has 1 unspecified atom stereocenters. The Morgan fingerprint density at radius 1 is 1.06 bits per heavy atom. The number of aliphatic carboxylic acids is 1. The van der Waals surface area contributed by atoms with E-state index in [1.54, 1.807) is 6.07 Å². The summed E-state index contributed by atoms with van der Waals surface area (Å²) >= 11 is 0. The van der Waals surface area contributed by atoms with Crippen molar-refractivity contribution in [3.8, 4) is 5.75 Å². The van der Waals surface area contributed by atoms with Crippen LogP contribution in [0, 0.1) is 20.8 Å². The number of nitrogens with zero attached hydrogens (tertiary/aromatic N) is 3. The molecule has 0 saturated carbocycles. The molecule has 0 saturated heterocycles. The van der Waals surface area contributed by atoms with Crippen molar-refractivity contribution in [3.63, 3.8) is 0 Å². The highest BCUT2D eigenvalue weighted by atomic mass is 16.5. The summed E-state index contributed by atoms with van der Waals surface area (Å²) in [5.74, 6) is -0.499. The van der Waals surface area contributed by atoms with Gasteiger partial charge in [-0.25, -0.2) is 14.3 Å². The fraction of sp³-hybridized carbons (Fsp3) is 0.269. The zero-order chi connectivity index (χ0) is 22.8. The molecule has 1 N–H and O–H groups in total. The highest BCUT2D eigenvalue weighted by molar-refractivity contribution is 5.75. The first-order chi connectivity index (χ1) is 15.4. The van der Waals surface area contributed by atoms with E-state index in [-0.39, 0.29) is 0 Å². The van der Waals surface area contributed by atoms with Gasteiger partial charge in [-0.15, -0.1) is 0 Å². The van der Waals surface area contributed by atoms with Crippen LogP contribution in [-0.2, 0) is 17.6 Å². The number of hydrogen-bond acceptors (Lipinski definition) is 4. The van der Waals surface area contributed by atoms with E-state index in [4.69, 9.17) is 9.72 Å². The van der Waals surface area contributed by atoms with Gasteiger partial charge in [-0.05, 0) is 62.1 Å². The number of aromatic nitrogens is 3. The highest BCUT2D eigenvalue weighted by Crippen LogP contribution is 2.26. The molecule has 0 radical (unpaired) electrons. The predicted molar refractivity (Wildman–Crippen MR) is 123 cm³/mol. The summed E-state index contributed by atoms with van der Waals surface area (Å²) in [5.41, 5.74) is 7.69. The molecule has 32 heavy (non-hydrogen) atoms. The van der Waals surface area contributed by atoms with Gasteiger partial charge in [-0.3, -0.25) is 0 Å². The van der Waals surface area contributed by atoms with Crippen LogP contribution >= 0.6 is 0 Å². The molecule has 6 nitrogen and oxygen atoms in total. The van der Waals surface area contributed by atoms with E-state index in [0.717, 1.165) is 45.8 Å². The Morgan fingerprint density at radius 3 is 2.44 bits per heavy atom. The lowest BCUT2D eigenvalue weighted by molar-refractivity contribution is -0.145. The first-order valence-electron chi connectivity index (χ1n) is 10.8. The molecule has 0 fully saturated rings. The molecule has 2 aromatic heterocycles. The molecule has 0 amide bonds. The summed E-state index contributed by atoms with van der Waals surface area (Å²) in [6.07, 6.45) is 0.457. The largest absolute Gasteiger partial charge is 0.478 e. The number of carboxylic acid groups (broad SMARTS) is 1. The van der Waals surface area contributed by atoms with Crippen LogP contribution in [-0.4, -0.2) is 25.7 Å². The quantitative estimate of drug-likeness (QED) is 0.447.